The maximum absolute atomic E-state index is 5.22. The second-order valence-electron chi connectivity index (χ2n) is 1.96. The minimum atomic E-state index is 0.296. The summed E-state index contributed by atoms with van der Waals surface area (Å²) in [7, 11) is 0. The minimum absolute atomic E-state index is 0.296. The van der Waals surface area contributed by atoms with Crippen LogP contribution >= 0.6 is 15.9 Å². The topological polar surface area (TPSA) is 38.0 Å². The number of nitrogens with two attached hydrogens (primary N) is 1. The maximum Gasteiger partial charge on any atom is 0.0438 e. The molecule has 2 nitrogen and oxygen atoms in total. The van der Waals surface area contributed by atoms with Crippen molar-refractivity contribution in [2.24, 2.45) is 5.84 Å². The number of nitrogens with one attached hydrogen (secondary N) is 1. The first-order valence-electron chi connectivity index (χ1n) is 2.83. The Morgan fingerprint density at radius 1 is 1.78 bits per heavy atom. The molecule has 1 rings (SSSR count). The zero-order chi connectivity index (χ0) is 6.69. The van der Waals surface area contributed by atoms with Crippen LogP contribution in [0, 0.1) is 0 Å². The molecule has 3 N–H and O–H groups in total. The third kappa shape index (κ3) is 1.93. The van der Waals surface area contributed by atoms with E-state index in [-0.39, 0.29) is 0 Å². The third-order valence-electron chi connectivity index (χ3n) is 1.24. The van der Waals surface area contributed by atoms with E-state index < -0.39 is 0 Å². The summed E-state index contributed by atoms with van der Waals surface area (Å²) >= 11 is 3.35. The third-order valence-corrected chi connectivity index (χ3v) is 1.77. The lowest BCUT2D eigenvalue weighted by atomic mass is 10.1. The zero-order valence-electron chi connectivity index (χ0n) is 4.97. The van der Waals surface area contributed by atoms with E-state index in [9.17, 15) is 0 Å². The predicted octanol–water partition coefficient (Wildman–Crippen LogP) is 1.06. The van der Waals surface area contributed by atoms with E-state index in [1.807, 2.05) is 12.2 Å². The molecule has 50 valence electrons. The molecule has 0 amide bonds. The molecule has 9 heavy (non-hydrogen) atoms. The van der Waals surface area contributed by atoms with Crippen molar-refractivity contribution in [3.05, 3.63) is 22.7 Å². The first-order chi connectivity index (χ1) is 4.33. The Balaban J connectivity index is 2.55. The van der Waals surface area contributed by atoms with Crippen LogP contribution in [0.4, 0.5) is 0 Å². The molecule has 0 fully saturated rings. The van der Waals surface area contributed by atoms with Crippen LogP contribution in [0.25, 0.3) is 0 Å². The first kappa shape index (κ1) is 6.99. The molecule has 1 aliphatic carbocycles. The van der Waals surface area contributed by atoms with Crippen LogP contribution in [0.2, 0.25) is 0 Å². The molecule has 0 aliphatic heterocycles. The fourth-order valence-electron chi connectivity index (χ4n) is 0.759. The Kier molecular flexibility index (Phi) is 2.45. The van der Waals surface area contributed by atoms with E-state index >= 15 is 0 Å². The molecule has 0 aromatic heterocycles. The molecular formula is C6H9BrN2. The summed E-state index contributed by atoms with van der Waals surface area (Å²) < 4.78 is 1.09. The molecule has 1 atom stereocenters. The molecule has 0 bridgehead atoms. The van der Waals surface area contributed by atoms with Crippen LogP contribution < -0.4 is 11.3 Å². The standard InChI is InChI=1S/C6H9BrN2/c7-5-2-1-3-6(4-5)9-8/h1-2,4,6,9H,3,8H2. The van der Waals surface area contributed by atoms with E-state index in [2.05, 4.69) is 27.4 Å². The van der Waals surface area contributed by atoms with Crippen LogP contribution in [0.5, 0.6) is 0 Å². The minimum Gasteiger partial charge on any atom is -0.271 e. The summed E-state index contributed by atoms with van der Waals surface area (Å²) in [5.74, 6) is 5.22. The Morgan fingerprint density at radius 2 is 2.56 bits per heavy atom. The molecule has 0 aromatic carbocycles. The van der Waals surface area contributed by atoms with Gasteiger partial charge in [0.15, 0.2) is 0 Å². The van der Waals surface area contributed by atoms with Crippen LogP contribution in [0.1, 0.15) is 6.42 Å². The van der Waals surface area contributed by atoms with E-state index in [1.165, 1.54) is 0 Å². The zero-order valence-corrected chi connectivity index (χ0v) is 6.56. The highest BCUT2D eigenvalue weighted by molar-refractivity contribution is 9.11. The monoisotopic (exact) mass is 188 g/mol. The number of hydrazine groups is 1. The van der Waals surface area contributed by atoms with Gasteiger partial charge in [-0.2, -0.15) is 0 Å². The lowest BCUT2D eigenvalue weighted by Crippen LogP contribution is -2.33. The Morgan fingerprint density at radius 3 is 3.00 bits per heavy atom. The van der Waals surface area contributed by atoms with Crippen molar-refractivity contribution < 1.29 is 0 Å². The highest BCUT2D eigenvalue weighted by Crippen LogP contribution is 2.14. The first-order valence-corrected chi connectivity index (χ1v) is 3.62. The summed E-state index contributed by atoms with van der Waals surface area (Å²) in [6, 6.07) is 0.296. The van der Waals surface area contributed by atoms with Crippen molar-refractivity contribution >= 4 is 15.9 Å². The van der Waals surface area contributed by atoms with Gasteiger partial charge in [-0.25, -0.2) is 0 Å². The van der Waals surface area contributed by atoms with Crippen molar-refractivity contribution in [2.45, 2.75) is 12.5 Å². The van der Waals surface area contributed by atoms with E-state index in [0.29, 0.717) is 6.04 Å². The van der Waals surface area contributed by atoms with Gasteiger partial charge < -0.3 is 0 Å². The van der Waals surface area contributed by atoms with Gasteiger partial charge in [-0.1, -0.05) is 34.2 Å². The van der Waals surface area contributed by atoms with Gasteiger partial charge in [0.05, 0.1) is 0 Å². The lowest BCUT2D eigenvalue weighted by molar-refractivity contribution is 0.622. The Labute approximate surface area is 62.9 Å². The van der Waals surface area contributed by atoms with E-state index in [1.54, 1.807) is 0 Å². The van der Waals surface area contributed by atoms with Gasteiger partial charge in [-0.15, -0.1) is 0 Å². The molecule has 0 saturated carbocycles. The smallest absolute Gasteiger partial charge is 0.0438 e. The van der Waals surface area contributed by atoms with Crippen molar-refractivity contribution in [2.75, 3.05) is 0 Å². The SMILES string of the molecule is NNC1C=C(Br)C=CC1. The molecule has 0 saturated heterocycles. The van der Waals surface area contributed by atoms with Crippen LogP contribution in [-0.4, -0.2) is 6.04 Å². The van der Waals surface area contributed by atoms with Crippen LogP contribution in [0.3, 0.4) is 0 Å². The molecule has 0 spiro atoms. The van der Waals surface area contributed by atoms with E-state index in [0.717, 1.165) is 10.9 Å². The number of halogens is 1. The van der Waals surface area contributed by atoms with Gasteiger partial charge in [0, 0.05) is 10.5 Å². The molecule has 1 unspecified atom stereocenters. The van der Waals surface area contributed by atoms with Gasteiger partial charge >= 0.3 is 0 Å². The summed E-state index contributed by atoms with van der Waals surface area (Å²) in [6.45, 7) is 0. The van der Waals surface area contributed by atoms with E-state index in [4.69, 9.17) is 5.84 Å². The predicted molar refractivity (Wildman–Crippen MR) is 41.9 cm³/mol. The van der Waals surface area contributed by atoms with Gasteiger partial charge in [0.2, 0.25) is 0 Å². The quantitative estimate of drug-likeness (QED) is 0.478. The van der Waals surface area contributed by atoms with Gasteiger partial charge in [0.1, 0.15) is 0 Å². The normalized spacial score (nSPS) is 26.0. The number of allylic oxidation sites excluding steroid dienone is 2. The van der Waals surface area contributed by atoms with Gasteiger partial charge in [0.25, 0.3) is 0 Å². The lowest BCUT2D eigenvalue weighted by Gasteiger charge is -2.11. The molecular weight excluding hydrogens is 180 g/mol. The van der Waals surface area contributed by atoms with Crippen molar-refractivity contribution in [1.82, 2.24) is 5.43 Å². The summed E-state index contributed by atoms with van der Waals surface area (Å²) in [6.07, 6.45) is 7.12. The second kappa shape index (κ2) is 3.15. The van der Waals surface area contributed by atoms with Crippen LogP contribution in [0.15, 0.2) is 22.7 Å². The van der Waals surface area contributed by atoms with Gasteiger partial charge in [-0.3, -0.25) is 11.3 Å². The Bertz CT molecular complexity index is 151. The molecule has 0 aromatic rings. The Hall–Kier alpha value is -0.120. The number of hydrogen-bond donors (Lipinski definition) is 2. The average Bonchev–Trinajstić information content (AvgIpc) is 1.88. The largest absolute Gasteiger partial charge is 0.271 e. The maximum atomic E-state index is 5.22. The average molecular weight is 189 g/mol. The second-order valence-corrected chi connectivity index (χ2v) is 2.88. The van der Waals surface area contributed by atoms with Crippen LogP contribution in [-0.2, 0) is 0 Å². The molecule has 3 heteroatoms. The number of rotatable bonds is 1. The highest BCUT2D eigenvalue weighted by Gasteiger charge is 2.03. The molecule has 1 aliphatic rings. The van der Waals surface area contributed by atoms with Gasteiger partial charge in [-0.05, 0) is 6.42 Å². The fraction of sp³-hybridized carbons (Fsp3) is 0.333. The highest BCUT2D eigenvalue weighted by atomic mass is 79.9. The fourth-order valence-corrected chi connectivity index (χ4v) is 1.27. The van der Waals surface area contributed by atoms with Crippen molar-refractivity contribution in [1.29, 1.82) is 0 Å². The number of hydrogen-bond acceptors (Lipinski definition) is 2. The van der Waals surface area contributed by atoms with Crippen molar-refractivity contribution in [3.8, 4) is 0 Å². The summed E-state index contributed by atoms with van der Waals surface area (Å²) in [5.41, 5.74) is 2.68. The molecule has 0 heterocycles. The summed E-state index contributed by atoms with van der Waals surface area (Å²) in [5, 5.41) is 0. The molecule has 0 radical (unpaired) electrons. The van der Waals surface area contributed by atoms with Crippen molar-refractivity contribution in [3.63, 3.8) is 0 Å². The summed E-state index contributed by atoms with van der Waals surface area (Å²) in [4.78, 5) is 0.